The Labute approximate surface area is 257 Å². The SMILES string of the molecule is CCO[C@H]1CCN(C(=O)Cc2cc(Cl)c(NC(=O)c3cn(C)c4ccccc34)cc2Cl)[C@@H]1c1ncc(CCC(=O)O)s1. The molecule has 2 amide bonds. The van der Waals surface area contributed by atoms with Gasteiger partial charge in [0.05, 0.1) is 35.2 Å². The summed E-state index contributed by atoms with van der Waals surface area (Å²) in [6.45, 7) is 2.89. The van der Waals surface area contributed by atoms with Crippen LogP contribution in [0.15, 0.2) is 48.8 Å². The number of hydrogen-bond donors (Lipinski definition) is 2. The number of anilines is 1. The molecule has 1 aliphatic rings. The number of nitrogens with one attached hydrogen (secondary N) is 1. The molecule has 4 aromatic rings. The summed E-state index contributed by atoms with van der Waals surface area (Å²) in [5.41, 5.74) is 2.33. The Bertz CT molecular complexity index is 1650. The average Bonchev–Trinajstić information content (AvgIpc) is 3.68. The van der Waals surface area contributed by atoms with E-state index in [0.29, 0.717) is 47.8 Å². The lowest BCUT2D eigenvalue weighted by atomic mass is 10.1. The first-order valence-corrected chi connectivity index (χ1v) is 15.1. The van der Waals surface area contributed by atoms with Crippen LogP contribution in [0.1, 0.15) is 51.6 Å². The number of carbonyl (C=O) groups is 3. The van der Waals surface area contributed by atoms with Gasteiger partial charge in [-0.15, -0.1) is 11.3 Å². The highest BCUT2D eigenvalue weighted by Gasteiger charge is 2.40. The number of aliphatic carboxylic acids is 1. The Morgan fingerprint density at radius 2 is 1.98 bits per heavy atom. The van der Waals surface area contributed by atoms with Gasteiger partial charge in [0, 0.05) is 53.4 Å². The summed E-state index contributed by atoms with van der Waals surface area (Å²) in [4.78, 5) is 44.9. The van der Waals surface area contributed by atoms with Crippen LogP contribution in [-0.2, 0) is 34.2 Å². The van der Waals surface area contributed by atoms with Crippen molar-refractivity contribution in [2.75, 3.05) is 18.5 Å². The molecule has 5 rings (SSSR count). The number of amides is 2. The van der Waals surface area contributed by atoms with Gasteiger partial charge in [-0.3, -0.25) is 14.4 Å². The van der Waals surface area contributed by atoms with Crippen molar-refractivity contribution in [2.45, 2.75) is 44.8 Å². The third-order valence-corrected chi connectivity index (χ3v) is 9.11. The normalized spacial score (nSPS) is 16.7. The summed E-state index contributed by atoms with van der Waals surface area (Å²) in [5, 5.41) is 14.0. The van der Waals surface area contributed by atoms with Crippen molar-refractivity contribution in [2.24, 2.45) is 7.05 Å². The third kappa shape index (κ3) is 6.32. The number of para-hydroxylation sites is 1. The standard InChI is InChI=1S/C30H30Cl2N4O5S/c1-3-41-25-10-11-36(28(25)30-33-15-18(42-30)8-9-27(38)39)26(37)13-17-12-22(32)23(14-21(17)31)34-29(40)20-16-35(2)24-7-5-4-6-19(20)24/h4-7,12,14-16,25,28H,3,8-11,13H2,1-2H3,(H,34,40)(H,38,39)/t25-,28-/m0/s1. The minimum Gasteiger partial charge on any atom is -0.481 e. The van der Waals surface area contributed by atoms with Gasteiger partial charge in [0.15, 0.2) is 0 Å². The van der Waals surface area contributed by atoms with Crippen molar-refractivity contribution in [3.05, 3.63) is 79.8 Å². The van der Waals surface area contributed by atoms with Gasteiger partial charge in [-0.05, 0) is 43.5 Å². The molecular formula is C30H30Cl2N4O5S. The number of aromatic nitrogens is 2. The topological polar surface area (TPSA) is 114 Å². The second kappa shape index (κ2) is 12.8. The van der Waals surface area contributed by atoms with Gasteiger partial charge in [-0.2, -0.15) is 0 Å². The summed E-state index contributed by atoms with van der Waals surface area (Å²) in [5.74, 6) is -1.35. The fourth-order valence-corrected chi connectivity index (χ4v) is 6.87. The van der Waals surface area contributed by atoms with E-state index in [1.165, 1.54) is 11.3 Å². The molecule has 12 heteroatoms. The van der Waals surface area contributed by atoms with E-state index in [1.807, 2.05) is 42.8 Å². The molecule has 2 aromatic heterocycles. The lowest BCUT2D eigenvalue weighted by molar-refractivity contribution is -0.137. The smallest absolute Gasteiger partial charge is 0.303 e. The Morgan fingerprint density at radius 1 is 1.19 bits per heavy atom. The first-order chi connectivity index (χ1) is 20.2. The van der Waals surface area contributed by atoms with Crippen LogP contribution in [0.4, 0.5) is 5.69 Å². The second-order valence-electron chi connectivity index (χ2n) is 10.1. The van der Waals surface area contributed by atoms with Crippen molar-refractivity contribution in [1.29, 1.82) is 0 Å². The summed E-state index contributed by atoms with van der Waals surface area (Å²) in [6.07, 6.45) is 4.27. The highest BCUT2D eigenvalue weighted by atomic mass is 35.5. The van der Waals surface area contributed by atoms with Crippen molar-refractivity contribution in [3.63, 3.8) is 0 Å². The number of nitrogens with zero attached hydrogens (tertiary/aromatic N) is 3. The maximum Gasteiger partial charge on any atom is 0.303 e. The van der Waals surface area contributed by atoms with Gasteiger partial charge in [-0.1, -0.05) is 41.4 Å². The van der Waals surface area contributed by atoms with E-state index in [0.717, 1.165) is 20.8 Å². The Hall–Kier alpha value is -3.44. The number of fused-ring (bicyclic) bond motifs is 1. The Kier molecular flexibility index (Phi) is 9.17. The molecule has 3 heterocycles. The molecule has 220 valence electrons. The average molecular weight is 630 g/mol. The number of thiazole rings is 1. The molecule has 0 unspecified atom stereocenters. The Balaban J connectivity index is 1.32. The van der Waals surface area contributed by atoms with Crippen LogP contribution in [0.5, 0.6) is 0 Å². The number of carboxylic acids is 1. The largest absolute Gasteiger partial charge is 0.481 e. The molecule has 0 saturated carbocycles. The maximum atomic E-state index is 13.6. The minimum atomic E-state index is -0.871. The van der Waals surface area contributed by atoms with E-state index < -0.39 is 5.97 Å². The Morgan fingerprint density at radius 3 is 2.74 bits per heavy atom. The number of carboxylic acid groups (broad SMARTS) is 1. The van der Waals surface area contributed by atoms with Crippen molar-refractivity contribution in [1.82, 2.24) is 14.5 Å². The zero-order valence-corrected chi connectivity index (χ0v) is 25.4. The first-order valence-electron chi connectivity index (χ1n) is 13.6. The minimum absolute atomic E-state index is 0.00267. The molecule has 0 spiro atoms. The summed E-state index contributed by atoms with van der Waals surface area (Å²) in [7, 11) is 1.88. The predicted octanol–water partition coefficient (Wildman–Crippen LogP) is 6.13. The molecule has 1 saturated heterocycles. The van der Waals surface area contributed by atoms with Crippen LogP contribution in [0, 0.1) is 0 Å². The molecular weight excluding hydrogens is 599 g/mol. The van der Waals surface area contributed by atoms with Crippen LogP contribution >= 0.6 is 34.5 Å². The highest BCUT2D eigenvalue weighted by molar-refractivity contribution is 7.11. The number of ether oxygens (including phenoxy) is 1. The number of halogens is 2. The first kappa shape index (κ1) is 30.0. The molecule has 2 atom stereocenters. The molecule has 0 radical (unpaired) electrons. The highest BCUT2D eigenvalue weighted by Crippen LogP contribution is 2.38. The summed E-state index contributed by atoms with van der Waals surface area (Å²) in [6, 6.07) is 10.4. The maximum absolute atomic E-state index is 13.6. The van der Waals surface area contributed by atoms with E-state index in [4.69, 9.17) is 33.0 Å². The molecule has 0 aliphatic carbocycles. The fraction of sp³-hybridized carbons (Fsp3) is 0.333. The van der Waals surface area contributed by atoms with Gasteiger partial charge >= 0.3 is 5.97 Å². The summed E-state index contributed by atoms with van der Waals surface area (Å²) >= 11 is 14.6. The fourth-order valence-electron chi connectivity index (χ4n) is 5.33. The van der Waals surface area contributed by atoms with Crippen molar-refractivity contribution in [3.8, 4) is 0 Å². The zero-order chi connectivity index (χ0) is 30.0. The van der Waals surface area contributed by atoms with Gasteiger partial charge in [-0.25, -0.2) is 4.98 Å². The van der Waals surface area contributed by atoms with E-state index in [-0.39, 0.29) is 41.8 Å². The second-order valence-corrected chi connectivity index (χ2v) is 12.1. The number of aryl methyl sites for hydroxylation is 2. The van der Waals surface area contributed by atoms with Crippen molar-refractivity contribution < 1.29 is 24.2 Å². The van der Waals surface area contributed by atoms with Crippen LogP contribution < -0.4 is 5.32 Å². The van der Waals surface area contributed by atoms with E-state index in [1.54, 1.807) is 29.4 Å². The molecule has 2 N–H and O–H groups in total. The molecule has 1 fully saturated rings. The van der Waals surface area contributed by atoms with E-state index in [9.17, 15) is 14.4 Å². The van der Waals surface area contributed by atoms with Crippen LogP contribution in [0.3, 0.4) is 0 Å². The number of benzene rings is 2. The zero-order valence-electron chi connectivity index (χ0n) is 23.1. The monoisotopic (exact) mass is 628 g/mol. The van der Waals surface area contributed by atoms with Gasteiger partial charge in [0.1, 0.15) is 11.0 Å². The molecule has 9 nitrogen and oxygen atoms in total. The van der Waals surface area contributed by atoms with Crippen molar-refractivity contribution >= 4 is 68.9 Å². The lowest BCUT2D eigenvalue weighted by Gasteiger charge is -2.27. The van der Waals surface area contributed by atoms with Gasteiger partial charge in [0.25, 0.3) is 5.91 Å². The van der Waals surface area contributed by atoms with Crippen LogP contribution in [-0.4, -0.2) is 56.6 Å². The van der Waals surface area contributed by atoms with E-state index in [2.05, 4.69) is 10.3 Å². The third-order valence-electron chi connectivity index (χ3n) is 7.32. The predicted molar refractivity (Wildman–Crippen MR) is 164 cm³/mol. The van der Waals surface area contributed by atoms with E-state index >= 15 is 0 Å². The van der Waals surface area contributed by atoms with Crippen LogP contribution in [0.25, 0.3) is 10.9 Å². The quantitative estimate of drug-likeness (QED) is 0.218. The number of hydrogen-bond acceptors (Lipinski definition) is 6. The number of carbonyl (C=O) groups excluding carboxylic acids is 2. The molecule has 42 heavy (non-hydrogen) atoms. The van der Waals surface area contributed by atoms with Gasteiger partial charge in [0.2, 0.25) is 5.91 Å². The molecule has 1 aliphatic heterocycles. The van der Waals surface area contributed by atoms with Crippen LogP contribution in [0.2, 0.25) is 10.0 Å². The molecule has 0 bridgehead atoms. The number of likely N-dealkylation sites (tertiary alicyclic amines) is 1. The molecule has 2 aromatic carbocycles. The van der Waals surface area contributed by atoms with Gasteiger partial charge < -0.3 is 24.6 Å². The number of rotatable bonds is 10. The lowest BCUT2D eigenvalue weighted by Crippen LogP contribution is -2.35. The summed E-state index contributed by atoms with van der Waals surface area (Å²) < 4.78 is 7.84.